The van der Waals surface area contributed by atoms with Gasteiger partial charge in [-0.2, -0.15) is 0 Å². The van der Waals surface area contributed by atoms with Crippen molar-refractivity contribution in [3.63, 3.8) is 0 Å². The quantitative estimate of drug-likeness (QED) is 0.544. The Labute approximate surface area is 192 Å². The molecule has 1 atom stereocenters. The first kappa shape index (κ1) is 20.6. The van der Waals surface area contributed by atoms with E-state index in [0.717, 1.165) is 29.9 Å². The molecular weight excluding hydrogens is 424 g/mol. The predicted octanol–water partition coefficient (Wildman–Crippen LogP) is 4.76. The molecule has 3 aromatic carbocycles. The number of esters is 1. The minimum absolute atomic E-state index is 0.00579. The molecule has 5 rings (SSSR count). The van der Waals surface area contributed by atoms with Gasteiger partial charge >= 0.3 is 5.97 Å². The van der Waals surface area contributed by atoms with E-state index in [0.29, 0.717) is 35.7 Å². The molecule has 5 nitrogen and oxygen atoms in total. The van der Waals surface area contributed by atoms with Gasteiger partial charge in [-0.15, -0.1) is 0 Å². The predicted molar refractivity (Wildman–Crippen MR) is 124 cm³/mol. The number of carbonyl (C=O) groups is 2. The fourth-order valence-corrected chi connectivity index (χ4v) is 4.59. The lowest BCUT2D eigenvalue weighted by molar-refractivity contribution is 0.0252. The van der Waals surface area contributed by atoms with E-state index in [2.05, 4.69) is 4.90 Å². The molecular formula is C26H23ClN2O3. The van der Waals surface area contributed by atoms with Crippen molar-refractivity contribution in [2.45, 2.75) is 12.5 Å². The van der Waals surface area contributed by atoms with Crippen molar-refractivity contribution in [3.8, 4) is 0 Å². The molecule has 162 valence electrons. The number of carbonyl (C=O) groups excluding carboxylic acids is 2. The summed E-state index contributed by atoms with van der Waals surface area (Å²) in [5.74, 6) is -0.344. The summed E-state index contributed by atoms with van der Waals surface area (Å²) in [4.78, 5) is 29.8. The van der Waals surface area contributed by atoms with E-state index in [-0.39, 0.29) is 18.0 Å². The number of anilines is 1. The van der Waals surface area contributed by atoms with Crippen LogP contribution >= 0.6 is 11.6 Å². The second-order valence-electron chi connectivity index (χ2n) is 8.14. The highest BCUT2D eigenvalue weighted by Crippen LogP contribution is 2.31. The van der Waals surface area contributed by atoms with Gasteiger partial charge in [-0.05, 0) is 47.5 Å². The van der Waals surface area contributed by atoms with Gasteiger partial charge in [0, 0.05) is 48.9 Å². The average molecular weight is 447 g/mol. The number of nitrogens with zero attached hydrogens (tertiary/aromatic N) is 2. The Kier molecular flexibility index (Phi) is 5.58. The highest BCUT2D eigenvalue weighted by atomic mass is 35.5. The van der Waals surface area contributed by atoms with Crippen LogP contribution in [-0.2, 0) is 11.2 Å². The summed E-state index contributed by atoms with van der Waals surface area (Å²) in [5, 5.41) is 0.711. The third kappa shape index (κ3) is 4.08. The van der Waals surface area contributed by atoms with Crippen molar-refractivity contribution in [3.05, 3.63) is 100 Å². The zero-order valence-corrected chi connectivity index (χ0v) is 18.3. The molecule has 0 aliphatic carbocycles. The zero-order chi connectivity index (χ0) is 22.1. The Balaban J connectivity index is 1.30. The summed E-state index contributed by atoms with van der Waals surface area (Å²) >= 11 is 6.12. The molecule has 1 fully saturated rings. The lowest BCUT2D eigenvalue weighted by Gasteiger charge is -2.36. The third-order valence-corrected chi connectivity index (χ3v) is 6.37. The number of halogens is 1. The van der Waals surface area contributed by atoms with Gasteiger partial charge in [-0.3, -0.25) is 4.79 Å². The van der Waals surface area contributed by atoms with Gasteiger partial charge in [0.1, 0.15) is 6.10 Å². The molecule has 0 spiro atoms. The molecule has 1 saturated heterocycles. The maximum atomic E-state index is 13.2. The SMILES string of the molecule is O=C1O[C@@H](c2ccccc2)Cc2cc(C(=O)N3CCN(c4cccc(Cl)c4)CC3)ccc21. The Hall–Kier alpha value is -3.31. The maximum Gasteiger partial charge on any atom is 0.339 e. The summed E-state index contributed by atoms with van der Waals surface area (Å²) < 4.78 is 5.63. The number of cyclic esters (lactones) is 1. The van der Waals surface area contributed by atoms with Crippen molar-refractivity contribution in [1.29, 1.82) is 0 Å². The molecule has 0 aromatic heterocycles. The van der Waals surface area contributed by atoms with Crippen LogP contribution < -0.4 is 4.90 Å². The highest BCUT2D eigenvalue weighted by molar-refractivity contribution is 6.30. The number of piperazine rings is 1. The van der Waals surface area contributed by atoms with Crippen LogP contribution in [0.5, 0.6) is 0 Å². The zero-order valence-electron chi connectivity index (χ0n) is 17.5. The fourth-order valence-electron chi connectivity index (χ4n) is 4.41. The minimum atomic E-state index is -0.339. The van der Waals surface area contributed by atoms with Crippen molar-refractivity contribution >= 4 is 29.2 Å². The molecule has 0 bridgehead atoms. The molecule has 2 aliphatic rings. The van der Waals surface area contributed by atoms with E-state index in [1.165, 1.54) is 0 Å². The molecule has 0 saturated carbocycles. The van der Waals surface area contributed by atoms with E-state index in [4.69, 9.17) is 16.3 Å². The summed E-state index contributed by atoms with van der Waals surface area (Å²) in [7, 11) is 0. The normalized spacial score (nSPS) is 18.2. The van der Waals surface area contributed by atoms with Gasteiger partial charge in [-0.25, -0.2) is 4.79 Å². The van der Waals surface area contributed by atoms with Gasteiger partial charge in [0.05, 0.1) is 5.56 Å². The van der Waals surface area contributed by atoms with Gasteiger partial charge in [0.2, 0.25) is 0 Å². The van der Waals surface area contributed by atoms with Gasteiger partial charge in [-0.1, -0.05) is 48.0 Å². The van der Waals surface area contributed by atoms with Crippen molar-refractivity contribution in [1.82, 2.24) is 4.90 Å². The number of amides is 1. The van der Waals surface area contributed by atoms with Crippen LogP contribution in [0.1, 0.15) is 37.9 Å². The first-order valence-corrected chi connectivity index (χ1v) is 11.1. The first-order chi connectivity index (χ1) is 15.6. The van der Waals surface area contributed by atoms with Crippen LogP contribution in [-0.4, -0.2) is 43.0 Å². The monoisotopic (exact) mass is 446 g/mol. The molecule has 32 heavy (non-hydrogen) atoms. The second-order valence-corrected chi connectivity index (χ2v) is 8.58. The van der Waals surface area contributed by atoms with Crippen LogP contribution in [0.4, 0.5) is 5.69 Å². The van der Waals surface area contributed by atoms with Crippen LogP contribution in [0.2, 0.25) is 5.02 Å². The molecule has 1 amide bonds. The molecule has 6 heteroatoms. The van der Waals surface area contributed by atoms with E-state index in [1.54, 1.807) is 12.1 Å². The summed E-state index contributed by atoms with van der Waals surface area (Å²) in [6.45, 7) is 2.77. The van der Waals surface area contributed by atoms with E-state index in [1.807, 2.05) is 65.6 Å². The summed E-state index contributed by atoms with van der Waals surface area (Å²) in [6, 6.07) is 22.8. The van der Waals surface area contributed by atoms with Crippen molar-refractivity contribution in [2.24, 2.45) is 0 Å². The number of hydrogen-bond donors (Lipinski definition) is 0. The number of rotatable bonds is 3. The van der Waals surface area contributed by atoms with Gasteiger partial charge in [0.15, 0.2) is 0 Å². The van der Waals surface area contributed by atoms with Gasteiger partial charge in [0.25, 0.3) is 5.91 Å². The Bertz CT molecular complexity index is 1160. The van der Waals surface area contributed by atoms with Crippen molar-refractivity contribution in [2.75, 3.05) is 31.1 Å². The van der Waals surface area contributed by atoms with Crippen LogP contribution in [0, 0.1) is 0 Å². The highest BCUT2D eigenvalue weighted by Gasteiger charge is 2.29. The van der Waals surface area contributed by atoms with Crippen LogP contribution in [0.3, 0.4) is 0 Å². The fraction of sp³-hybridized carbons (Fsp3) is 0.231. The second kappa shape index (κ2) is 8.67. The third-order valence-electron chi connectivity index (χ3n) is 6.14. The topological polar surface area (TPSA) is 49.9 Å². The number of fused-ring (bicyclic) bond motifs is 1. The lowest BCUT2D eigenvalue weighted by Crippen LogP contribution is -2.48. The number of benzene rings is 3. The molecule has 2 aliphatic heterocycles. The van der Waals surface area contributed by atoms with Crippen LogP contribution in [0.25, 0.3) is 0 Å². The number of ether oxygens (including phenoxy) is 1. The van der Waals surface area contributed by atoms with Gasteiger partial charge < -0.3 is 14.5 Å². The Morgan fingerprint density at radius 1 is 0.906 bits per heavy atom. The average Bonchev–Trinajstić information content (AvgIpc) is 2.84. The van der Waals surface area contributed by atoms with E-state index in [9.17, 15) is 9.59 Å². The van der Waals surface area contributed by atoms with E-state index < -0.39 is 0 Å². The molecule has 2 heterocycles. The Morgan fingerprint density at radius 2 is 1.69 bits per heavy atom. The number of hydrogen-bond acceptors (Lipinski definition) is 4. The smallest absolute Gasteiger partial charge is 0.339 e. The van der Waals surface area contributed by atoms with Crippen molar-refractivity contribution < 1.29 is 14.3 Å². The first-order valence-electron chi connectivity index (χ1n) is 10.8. The van der Waals surface area contributed by atoms with Crippen LogP contribution in [0.15, 0.2) is 72.8 Å². The molecule has 0 unspecified atom stereocenters. The minimum Gasteiger partial charge on any atom is -0.454 e. The maximum absolute atomic E-state index is 13.2. The summed E-state index contributed by atoms with van der Waals surface area (Å²) in [6.07, 6.45) is 0.233. The molecule has 0 N–H and O–H groups in total. The van der Waals surface area contributed by atoms with E-state index >= 15 is 0 Å². The standard InChI is InChI=1S/C26H23ClN2O3/c27-21-7-4-8-22(17-21)28-11-13-29(14-12-28)25(30)19-9-10-23-20(15-19)16-24(32-26(23)31)18-5-2-1-3-6-18/h1-10,15,17,24H,11-14,16H2/t24-/m1/s1. The molecule has 0 radical (unpaired) electrons. The summed E-state index contributed by atoms with van der Waals surface area (Å²) in [5.41, 5.74) is 4.05. The largest absolute Gasteiger partial charge is 0.454 e. The molecule has 3 aromatic rings. The lowest BCUT2D eigenvalue weighted by atomic mass is 9.93. The Morgan fingerprint density at radius 3 is 2.44 bits per heavy atom.